The molecule has 0 spiro atoms. The van der Waals surface area contributed by atoms with Gasteiger partial charge in [-0.1, -0.05) is 0 Å². The van der Waals surface area contributed by atoms with E-state index in [1.54, 1.807) is 24.3 Å². The molecule has 0 amide bonds. The molecule has 0 aliphatic rings. The molecule has 4 heteroatoms. The van der Waals surface area contributed by atoms with E-state index in [0.717, 1.165) is 5.69 Å². The van der Waals surface area contributed by atoms with Gasteiger partial charge < -0.3 is 0 Å². The second-order valence-corrected chi connectivity index (χ2v) is 4.28. The van der Waals surface area contributed by atoms with Crippen LogP contribution in [0, 0.1) is 25.0 Å². The van der Waals surface area contributed by atoms with E-state index >= 15 is 0 Å². The van der Waals surface area contributed by atoms with Crippen LogP contribution in [0.2, 0.25) is 0 Å². The Morgan fingerprint density at radius 1 is 1.42 bits per heavy atom. The Kier molecular flexibility index (Phi) is 3.04. The number of carboxylic acid groups (broad SMARTS) is 1. The first kappa shape index (κ1) is 9.46. The molecule has 3 nitrogen and oxygen atoms in total. The molecule has 1 aromatic rings. The van der Waals surface area contributed by atoms with Crippen molar-refractivity contribution in [3.63, 3.8) is 0 Å². The van der Waals surface area contributed by atoms with Gasteiger partial charge in [-0.15, -0.1) is 0 Å². The molecule has 1 aromatic carbocycles. The van der Waals surface area contributed by atoms with E-state index < -0.39 is 5.97 Å². The average Bonchev–Trinajstić information content (AvgIpc) is 2.04. The number of hydrogen-bond donors (Lipinski definition) is 0. The summed E-state index contributed by atoms with van der Waals surface area (Å²) in [6.07, 6.45) is 0. The average molecular weight is 359 g/mol. The zero-order valence-electron chi connectivity index (χ0n) is 6.45. The van der Waals surface area contributed by atoms with Crippen molar-refractivity contribution < 1.29 is 34.9 Å². The van der Waals surface area contributed by atoms with Crippen molar-refractivity contribution in [2.24, 2.45) is 0 Å². The third kappa shape index (κ3) is 2.18. The Balaban J connectivity index is 2.93. The number of carboxylic acids is 1. The number of rotatable bonds is 2. The van der Waals surface area contributed by atoms with Gasteiger partial charge in [0.25, 0.3) is 0 Å². The fourth-order valence-corrected chi connectivity index (χ4v) is 1.24. The predicted molar refractivity (Wildman–Crippen MR) is 39.2 cm³/mol. The summed E-state index contributed by atoms with van der Waals surface area (Å²) < 4.78 is 1.96. The molecule has 0 unspecified atom stereocenters. The first-order chi connectivity index (χ1) is 5.61. The van der Waals surface area contributed by atoms with E-state index in [-0.39, 0.29) is 5.56 Å². The normalized spacial score (nSPS) is 9.50. The molecule has 0 bridgehead atoms. The van der Waals surface area contributed by atoms with Crippen LogP contribution in [-0.4, -0.2) is 13.0 Å². The van der Waals surface area contributed by atoms with Crippen molar-refractivity contribution in [3.8, 4) is 0 Å². The third-order valence-corrected chi connectivity index (χ3v) is 2.22. The van der Waals surface area contributed by atoms with E-state index in [0.29, 0.717) is 0 Å². The number of carbonyl (C=O) groups is 1. The fraction of sp³-hybridized carbons (Fsp3) is 0.125. The van der Waals surface area contributed by atoms with Gasteiger partial charge in [-0.3, -0.25) is 0 Å². The van der Waals surface area contributed by atoms with Gasteiger partial charge in [0.05, 0.1) is 0 Å². The molecule has 1 rings (SSSR count). The molecule has 0 atom stereocenters. The van der Waals surface area contributed by atoms with Crippen LogP contribution in [0.4, 0.5) is 5.69 Å². The predicted octanol–water partition coefficient (Wildman–Crippen LogP) is -0.0494. The minimum atomic E-state index is -1.13. The Hall–Kier alpha value is -0.627. The minimum absolute atomic E-state index is 0.215. The third-order valence-electron chi connectivity index (χ3n) is 1.46. The zero-order chi connectivity index (χ0) is 9.14. The van der Waals surface area contributed by atoms with Crippen molar-refractivity contribution >= 4 is 11.7 Å². The van der Waals surface area contributed by atoms with Crippen molar-refractivity contribution in [1.29, 1.82) is 0 Å². The first-order valence-electron chi connectivity index (χ1n) is 3.32. The summed E-state index contributed by atoms with van der Waals surface area (Å²) in [6, 6.07) is 6.59. The monoisotopic (exact) mass is 359 g/mol. The molecule has 0 aliphatic carbocycles. The molecule has 0 saturated heterocycles. The second kappa shape index (κ2) is 3.86. The molecular formula is C8H7AtNO2-. The van der Waals surface area contributed by atoms with Crippen LogP contribution in [0.5, 0.6) is 0 Å². The maximum atomic E-state index is 10.4. The van der Waals surface area contributed by atoms with Crippen LogP contribution in [0.25, 0.3) is 0 Å². The summed E-state index contributed by atoms with van der Waals surface area (Å²) >= 11 is 1.51. The number of aromatic carboxylic acids is 1. The summed E-state index contributed by atoms with van der Waals surface area (Å²) in [5.41, 5.74) is 1.21. The Bertz CT molecular complexity index is 282. The number of anilines is 1. The maximum absolute atomic E-state index is 10.4. The molecule has 0 aromatic heterocycles. The summed E-state index contributed by atoms with van der Waals surface area (Å²) in [4.78, 5) is 10.4. The molecule has 12 heavy (non-hydrogen) atoms. The van der Waals surface area contributed by atoms with Crippen molar-refractivity contribution in [3.05, 3.63) is 29.8 Å². The van der Waals surface area contributed by atoms with Crippen LogP contribution in [0.3, 0.4) is 0 Å². The van der Waals surface area contributed by atoms with E-state index in [9.17, 15) is 9.90 Å². The van der Waals surface area contributed by atoms with E-state index in [1.807, 2.05) is 9.89 Å². The van der Waals surface area contributed by atoms with Crippen LogP contribution < -0.4 is 7.95 Å². The first-order valence-corrected chi connectivity index (χ1v) is 4.63. The summed E-state index contributed by atoms with van der Waals surface area (Å²) in [7, 11) is 1.92. The van der Waals surface area contributed by atoms with Gasteiger partial charge >= 0.3 is 86.3 Å². The molecule has 0 fully saturated rings. The van der Waals surface area contributed by atoms with E-state index in [1.165, 1.54) is 25.0 Å². The summed E-state index contributed by atoms with van der Waals surface area (Å²) in [5, 5.41) is 10.4. The van der Waals surface area contributed by atoms with Gasteiger partial charge in [-0.05, 0) is 0 Å². The topological polar surface area (TPSA) is 43.4 Å². The Morgan fingerprint density at radius 2 is 1.92 bits per heavy atom. The summed E-state index contributed by atoms with van der Waals surface area (Å²) in [6.45, 7) is 0. The van der Waals surface area contributed by atoms with E-state index in [4.69, 9.17) is 0 Å². The fourth-order valence-electron chi connectivity index (χ4n) is 0.803. The standard InChI is InChI=1S/C8H8AtNO2/c1-10(9)7-4-2-6(3-5-7)8(11)12/h2-5H,1H3,(H,11,12)/p-1. The van der Waals surface area contributed by atoms with Crippen LogP contribution in [0.15, 0.2) is 24.3 Å². The van der Waals surface area contributed by atoms with Crippen molar-refractivity contribution in [1.82, 2.24) is 0 Å². The molecule has 0 aliphatic heterocycles. The summed E-state index contributed by atoms with van der Waals surface area (Å²) in [5.74, 6) is -1.13. The van der Waals surface area contributed by atoms with Gasteiger partial charge in [0.15, 0.2) is 0 Å². The number of nitrogens with zero attached hydrogens (tertiary/aromatic N) is 1. The van der Waals surface area contributed by atoms with Gasteiger partial charge in [0, 0.05) is 0 Å². The van der Waals surface area contributed by atoms with E-state index in [2.05, 4.69) is 0 Å². The van der Waals surface area contributed by atoms with Crippen molar-refractivity contribution in [2.75, 3.05) is 9.89 Å². The van der Waals surface area contributed by atoms with Gasteiger partial charge in [-0.2, -0.15) is 0 Å². The second-order valence-electron chi connectivity index (χ2n) is 2.31. The molecular weight excluding hydrogens is 352 g/mol. The molecule has 0 N–H and O–H groups in total. The molecule has 0 radical (unpaired) electrons. The number of carbonyl (C=O) groups excluding carboxylic acids is 1. The zero-order valence-corrected chi connectivity index (χ0v) is 9.39. The van der Waals surface area contributed by atoms with Crippen molar-refractivity contribution in [2.45, 2.75) is 0 Å². The van der Waals surface area contributed by atoms with Crippen LogP contribution in [-0.2, 0) is 0 Å². The van der Waals surface area contributed by atoms with Gasteiger partial charge in [0.1, 0.15) is 0 Å². The van der Waals surface area contributed by atoms with Gasteiger partial charge in [0.2, 0.25) is 0 Å². The van der Waals surface area contributed by atoms with Crippen LogP contribution >= 0.6 is 0 Å². The number of hydrogen-bond acceptors (Lipinski definition) is 3. The molecule has 0 saturated carbocycles. The molecule has 0 heterocycles. The van der Waals surface area contributed by atoms with Gasteiger partial charge in [-0.25, -0.2) is 0 Å². The Labute approximate surface area is 86.2 Å². The molecule has 64 valence electrons. The number of benzene rings is 1. The van der Waals surface area contributed by atoms with Crippen LogP contribution in [0.1, 0.15) is 10.4 Å². The SMILES string of the molecule is CN([At])c1ccc(C(=O)[O-])cc1. The Morgan fingerprint density at radius 3 is 2.25 bits per heavy atom. The quantitative estimate of drug-likeness (QED) is 0.744.